The summed E-state index contributed by atoms with van der Waals surface area (Å²) in [6.07, 6.45) is 12.9. The lowest BCUT2D eigenvalue weighted by Gasteiger charge is -2.68. The predicted molar refractivity (Wildman–Crippen MR) is 224 cm³/mol. The smallest absolute Gasteiger partial charge is 0.309 e. The number of aliphatic carboxylic acids is 1. The van der Waals surface area contributed by atoms with E-state index in [0.717, 1.165) is 82.0 Å². The molecule has 3 fully saturated rings. The molecule has 1 aromatic rings. The van der Waals surface area contributed by atoms with E-state index in [-0.39, 0.29) is 51.8 Å². The van der Waals surface area contributed by atoms with E-state index in [1.54, 1.807) is 13.8 Å². The summed E-state index contributed by atoms with van der Waals surface area (Å²) in [7, 11) is 4.11. The maximum Gasteiger partial charge on any atom is 0.309 e. The highest BCUT2D eigenvalue weighted by Crippen LogP contribution is 2.72. The fraction of sp³-hybridized carbons (Fsp3) is 0.809. The number of ether oxygens (including phenoxy) is 1. The number of aliphatic hydroxyl groups is 1. The Balaban J connectivity index is 1.39. The van der Waals surface area contributed by atoms with Crippen molar-refractivity contribution in [1.82, 2.24) is 19.8 Å². The van der Waals surface area contributed by atoms with Gasteiger partial charge >= 0.3 is 11.9 Å². The van der Waals surface area contributed by atoms with Crippen molar-refractivity contribution in [3.63, 3.8) is 0 Å². The molecule has 9 atom stereocenters. The average molecular weight is 793 g/mol. The van der Waals surface area contributed by atoms with Gasteiger partial charge in [-0.05, 0) is 125 Å². The molecule has 0 saturated heterocycles. The zero-order chi connectivity index (χ0) is 42.3. The number of carboxylic acid groups (broad SMARTS) is 1. The van der Waals surface area contributed by atoms with Gasteiger partial charge in [0, 0.05) is 49.6 Å². The SMILES string of the molecule is CCC[C@@H]1[C@@]2(C)CC[C@H](OC(=O)CC(C)(C)C(=O)O)C(C)(C)[C@@H]2CC[C@@]1(C)[C@]1(C)CCC2C(=C(C(C)C)C(=O)[C@H]2[C@@H](O)CN(CCN(C)C)Cc2cncnc2)C1. The lowest BCUT2D eigenvalue weighted by atomic mass is 9.37. The second kappa shape index (κ2) is 17.1. The normalized spacial score (nSPS) is 33.4. The van der Waals surface area contributed by atoms with Crippen LogP contribution in [-0.4, -0.2) is 93.6 Å². The van der Waals surface area contributed by atoms with Crippen LogP contribution >= 0.6 is 0 Å². The van der Waals surface area contributed by atoms with Gasteiger partial charge < -0.3 is 19.8 Å². The van der Waals surface area contributed by atoms with Crippen LogP contribution in [0.3, 0.4) is 0 Å². The van der Waals surface area contributed by atoms with Crippen molar-refractivity contribution in [2.75, 3.05) is 33.7 Å². The van der Waals surface area contributed by atoms with E-state index in [0.29, 0.717) is 24.9 Å². The summed E-state index contributed by atoms with van der Waals surface area (Å²) in [5, 5.41) is 21.7. The lowest BCUT2D eigenvalue weighted by Crippen LogP contribution is -2.62. The minimum atomic E-state index is -1.17. The molecule has 3 saturated carbocycles. The first kappa shape index (κ1) is 45.4. The van der Waals surface area contributed by atoms with Crippen molar-refractivity contribution < 1.29 is 29.3 Å². The number of hydrogen-bond acceptors (Lipinski definition) is 9. The molecular weight excluding hydrogens is 717 g/mol. The molecule has 5 rings (SSSR count). The number of ketones is 1. The van der Waals surface area contributed by atoms with E-state index in [2.05, 4.69) is 89.3 Å². The molecule has 2 N–H and O–H groups in total. The van der Waals surface area contributed by atoms with E-state index in [4.69, 9.17) is 4.74 Å². The minimum Gasteiger partial charge on any atom is -0.481 e. The zero-order valence-corrected chi connectivity index (χ0v) is 37.5. The molecule has 4 aliphatic rings. The van der Waals surface area contributed by atoms with E-state index >= 15 is 0 Å². The van der Waals surface area contributed by atoms with Crippen LogP contribution in [0.2, 0.25) is 0 Å². The maximum absolute atomic E-state index is 14.6. The van der Waals surface area contributed by atoms with Crippen LogP contribution < -0.4 is 0 Å². The number of esters is 1. The largest absolute Gasteiger partial charge is 0.481 e. The Labute approximate surface area is 344 Å². The van der Waals surface area contributed by atoms with Crippen LogP contribution in [0.1, 0.15) is 139 Å². The molecule has 4 aliphatic carbocycles. The third-order valence-electron chi connectivity index (χ3n) is 16.1. The lowest BCUT2D eigenvalue weighted by molar-refractivity contribution is -0.213. The van der Waals surface area contributed by atoms with Gasteiger partial charge in [0.1, 0.15) is 12.4 Å². The Morgan fingerprint density at radius 1 is 1.00 bits per heavy atom. The van der Waals surface area contributed by atoms with Crippen LogP contribution in [0.4, 0.5) is 0 Å². The van der Waals surface area contributed by atoms with E-state index in [1.165, 1.54) is 11.9 Å². The minimum absolute atomic E-state index is 0.0200. The molecule has 0 amide bonds. The number of carbonyl (C=O) groups excluding carboxylic acids is 2. The van der Waals surface area contributed by atoms with Crippen LogP contribution in [0.5, 0.6) is 0 Å². The number of aliphatic hydroxyl groups excluding tert-OH is 1. The molecule has 320 valence electrons. The number of Topliss-reactive ketones (excluding diaryl/α,β-unsaturated/α-hetero) is 1. The number of rotatable bonds is 16. The molecule has 0 aliphatic heterocycles. The van der Waals surface area contributed by atoms with E-state index < -0.39 is 29.4 Å². The fourth-order valence-corrected chi connectivity index (χ4v) is 12.7. The molecule has 0 bridgehead atoms. The first-order valence-electron chi connectivity index (χ1n) is 22.0. The van der Waals surface area contributed by atoms with Crippen molar-refractivity contribution >= 4 is 17.7 Å². The first-order chi connectivity index (χ1) is 26.5. The topological polar surface area (TPSA) is 133 Å². The van der Waals surface area contributed by atoms with Gasteiger partial charge in [-0.1, -0.05) is 67.4 Å². The molecule has 1 unspecified atom stereocenters. The summed E-state index contributed by atoms with van der Waals surface area (Å²) in [5.74, 6) is -0.732. The van der Waals surface area contributed by atoms with Crippen LogP contribution in [0, 0.1) is 56.7 Å². The van der Waals surface area contributed by atoms with Gasteiger partial charge in [0.05, 0.1) is 23.9 Å². The number of likely N-dealkylation sites (N-methyl/N-ethyl adjacent to an activating group) is 1. The number of fused-ring (bicyclic) bond motifs is 2. The van der Waals surface area contributed by atoms with Crippen molar-refractivity contribution in [1.29, 1.82) is 0 Å². The maximum atomic E-state index is 14.6. The van der Waals surface area contributed by atoms with Crippen molar-refractivity contribution in [3.05, 3.63) is 35.4 Å². The molecule has 10 heteroatoms. The van der Waals surface area contributed by atoms with Crippen molar-refractivity contribution in [2.45, 2.75) is 152 Å². The van der Waals surface area contributed by atoms with E-state index in [9.17, 15) is 24.6 Å². The highest BCUT2D eigenvalue weighted by Gasteiger charge is 2.65. The van der Waals surface area contributed by atoms with Gasteiger partial charge in [-0.3, -0.25) is 19.3 Å². The number of allylic oxidation sites excluding steroid dienone is 2. The Morgan fingerprint density at radius 3 is 2.26 bits per heavy atom. The quantitative estimate of drug-likeness (QED) is 0.158. The molecule has 1 aromatic heterocycles. The number of carboxylic acids is 1. The summed E-state index contributed by atoms with van der Waals surface area (Å²) in [4.78, 5) is 52.4. The second-order valence-corrected chi connectivity index (χ2v) is 21.3. The highest BCUT2D eigenvalue weighted by molar-refractivity contribution is 6.02. The predicted octanol–water partition coefficient (Wildman–Crippen LogP) is 8.23. The van der Waals surface area contributed by atoms with Gasteiger partial charge in [0.15, 0.2) is 5.78 Å². The Kier molecular flexibility index (Phi) is 13.6. The Bertz CT molecular complexity index is 1640. The van der Waals surface area contributed by atoms with Crippen molar-refractivity contribution in [3.8, 4) is 0 Å². The molecule has 57 heavy (non-hydrogen) atoms. The van der Waals surface area contributed by atoms with E-state index in [1.807, 2.05) is 12.4 Å². The molecule has 0 aromatic carbocycles. The van der Waals surface area contributed by atoms with Crippen LogP contribution in [0.25, 0.3) is 0 Å². The number of nitrogens with zero attached hydrogens (tertiary/aromatic N) is 4. The van der Waals surface area contributed by atoms with Gasteiger partial charge in [-0.25, -0.2) is 9.97 Å². The highest BCUT2D eigenvalue weighted by atomic mass is 16.5. The third-order valence-corrected chi connectivity index (χ3v) is 16.1. The van der Waals surface area contributed by atoms with Gasteiger partial charge in [0.2, 0.25) is 0 Å². The van der Waals surface area contributed by atoms with Crippen molar-refractivity contribution in [2.24, 2.45) is 56.7 Å². The summed E-state index contributed by atoms with van der Waals surface area (Å²) in [6, 6.07) is 0. The molecule has 0 spiro atoms. The molecular formula is C47H76N4O6. The van der Waals surface area contributed by atoms with Gasteiger partial charge in [0.25, 0.3) is 0 Å². The third kappa shape index (κ3) is 8.80. The van der Waals surface area contributed by atoms with Crippen LogP contribution in [-0.2, 0) is 25.7 Å². The summed E-state index contributed by atoms with van der Waals surface area (Å²) >= 11 is 0. The second-order valence-electron chi connectivity index (χ2n) is 21.3. The average Bonchev–Trinajstić information content (AvgIpc) is 3.41. The first-order valence-corrected chi connectivity index (χ1v) is 22.0. The number of hydrogen-bond donors (Lipinski definition) is 2. The summed E-state index contributed by atoms with van der Waals surface area (Å²) in [5.41, 5.74) is 1.89. The fourth-order valence-electron chi connectivity index (χ4n) is 12.7. The Morgan fingerprint density at radius 2 is 1.67 bits per heavy atom. The molecule has 0 radical (unpaired) electrons. The summed E-state index contributed by atoms with van der Waals surface area (Å²) in [6.45, 7) is 24.6. The molecule has 1 heterocycles. The summed E-state index contributed by atoms with van der Waals surface area (Å²) < 4.78 is 6.20. The molecule has 10 nitrogen and oxygen atoms in total. The monoisotopic (exact) mass is 793 g/mol. The standard InChI is InChI=1S/C47H76N4O6/c1-13-14-36-46(9)19-17-37(57-38(53)24-43(4,5)42(55)56)44(6,7)35(46)16-20-47(36,10)45(8)18-15-32-33(23-45)39(30(2)3)41(54)40(32)34(52)28-51(22-21-50(11)12)27-31-25-48-29-49-26-31/h25-26,29-30,32,34-37,40,52H,13-24,27-28H2,1-12H3,(H,55,56)/t32?,34-,35-,36+,37-,40+,45+,46-,47+/m0/s1. The number of aromatic nitrogens is 2. The van der Waals surface area contributed by atoms with Gasteiger partial charge in [-0.15, -0.1) is 0 Å². The van der Waals surface area contributed by atoms with Gasteiger partial charge in [-0.2, -0.15) is 0 Å². The Hall–Kier alpha value is -2.69. The zero-order valence-electron chi connectivity index (χ0n) is 37.5. The van der Waals surface area contributed by atoms with Crippen LogP contribution in [0.15, 0.2) is 29.9 Å². The number of carbonyl (C=O) groups is 3.